The van der Waals surface area contributed by atoms with E-state index in [1.54, 1.807) is 14.2 Å². The van der Waals surface area contributed by atoms with E-state index in [0.717, 1.165) is 19.4 Å². The number of likely N-dealkylation sites (tertiary alicyclic amines) is 1. The van der Waals surface area contributed by atoms with Crippen LogP contribution in [0.4, 0.5) is 5.82 Å². The Labute approximate surface area is 148 Å². The van der Waals surface area contributed by atoms with E-state index in [1.807, 2.05) is 4.90 Å². The zero-order chi connectivity index (χ0) is 19.2. The van der Waals surface area contributed by atoms with Crippen molar-refractivity contribution >= 4 is 18.0 Å². The highest BCUT2D eigenvalue weighted by Crippen LogP contribution is 2.17. The van der Waals surface area contributed by atoms with Crippen LogP contribution in [0.1, 0.15) is 28.9 Å². The molecule has 1 amide bonds. The van der Waals surface area contributed by atoms with Crippen LogP contribution < -0.4 is 11.1 Å². The lowest BCUT2D eigenvalue weighted by Crippen LogP contribution is -2.36. The fraction of sp³-hybridized carbons (Fsp3) is 0.471. The van der Waals surface area contributed by atoms with Crippen molar-refractivity contribution in [1.29, 1.82) is 0 Å². The number of carbonyl (C=O) groups excluding carboxylic acids is 2. The maximum atomic E-state index is 11.3. The van der Waals surface area contributed by atoms with Crippen molar-refractivity contribution in [1.82, 2.24) is 15.1 Å². The van der Waals surface area contributed by atoms with Crippen molar-refractivity contribution in [2.75, 3.05) is 39.7 Å². The lowest BCUT2D eigenvalue weighted by molar-refractivity contribution is -0.127. The second-order valence-corrected chi connectivity index (χ2v) is 4.86. The first-order chi connectivity index (χ1) is 12.1. The number of aromatic nitrogens is 2. The van der Waals surface area contributed by atoms with E-state index in [1.165, 1.54) is 13.1 Å². The lowest BCUT2D eigenvalue weighted by Gasteiger charge is -2.22. The highest BCUT2D eigenvalue weighted by atomic mass is 16.5. The molecule has 2 rings (SSSR count). The first-order valence-electron chi connectivity index (χ1n) is 7.80. The number of nitrogens with zero attached hydrogens (tertiary/aromatic N) is 2. The molecule has 1 atom stereocenters. The number of hydrogen-bond acceptors (Lipinski definition) is 6. The summed E-state index contributed by atoms with van der Waals surface area (Å²) >= 11 is 0. The maximum Gasteiger partial charge on any atom is 0.246 e. The summed E-state index contributed by atoms with van der Waals surface area (Å²) in [7, 11) is 4.83. The van der Waals surface area contributed by atoms with Gasteiger partial charge < -0.3 is 20.7 Å². The van der Waals surface area contributed by atoms with E-state index < -0.39 is 0 Å². The number of aromatic amines is 1. The van der Waals surface area contributed by atoms with Gasteiger partial charge in [-0.2, -0.15) is 5.10 Å². The number of methoxy groups -OCH3 is 1. The largest absolute Gasteiger partial charge is 0.383 e. The Morgan fingerprint density at radius 3 is 2.80 bits per heavy atom. The molecule has 0 saturated carbocycles. The molecule has 1 unspecified atom stereocenters. The van der Waals surface area contributed by atoms with E-state index in [2.05, 4.69) is 33.7 Å². The molecular formula is C17H27N5O3. The minimum absolute atomic E-state index is 0.0227. The van der Waals surface area contributed by atoms with E-state index in [-0.39, 0.29) is 11.9 Å². The quantitative estimate of drug-likeness (QED) is 0.408. The van der Waals surface area contributed by atoms with Gasteiger partial charge in [-0.3, -0.25) is 14.7 Å². The van der Waals surface area contributed by atoms with Crippen LogP contribution in [0.5, 0.6) is 0 Å². The molecule has 8 heteroatoms. The topological polar surface area (TPSA) is 113 Å². The van der Waals surface area contributed by atoms with Crippen molar-refractivity contribution in [3.63, 3.8) is 0 Å². The number of hydrogen-bond donors (Lipinski definition) is 3. The molecule has 2 heterocycles. The third-order valence-electron chi connectivity index (χ3n) is 3.50. The molecule has 1 fully saturated rings. The molecule has 1 aromatic rings. The third kappa shape index (κ3) is 6.41. The number of aldehydes is 1. The smallest absolute Gasteiger partial charge is 0.246 e. The maximum absolute atomic E-state index is 11.3. The van der Waals surface area contributed by atoms with Gasteiger partial charge in [0.15, 0.2) is 12.1 Å². The van der Waals surface area contributed by atoms with E-state index >= 15 is 0 Å². The minimum atomic E-state index is 0.0227. The van der Waals surface area contributed by atoms with E-state index in [0.29, 0.717) is 30.0 Å². The Kier molecular flexibility index (Phi) is 11.4. The Balaban J connectivity index is 0.000000421. The van der Waals surface area contributed by atoms with Crippen LogP contribution in [0, 0.1) is 12.3 Å². The van der Waals surface area contributed by atoms with Gasteiger partial charge in [-0.1, -0.05) is 12.5 Å². The Bertz CT molecular complexity index is 592. The molecule has 0 aliphatic carbocycles. The molecule has 4 N–H and O–H groups in total. The first kappa shape index (κ1) is 22.4. The van der Waals surface area contributed by atoms with Crippen LogP contribution in [0.25, 0.3) is 0 Å². The van der Waals surface area contributed by atoms with Gasteiger partial charge in [0.25, 0.3) is 0 Å². The lowest BCUT2D eigenvalue weighted by atomic mass is 10.2. The van der Waals surface area contributed by atoms with Crippen molar-refractivity contribution in [3.8, 4) is 12.3 Å². The third-order valence-corrected chi connectivity index (χ3v) is 3.50. The van der Waals surface area contributed by atoms with Gasteiger partial charge in [0.1, 0.15) is 5.69 Å². The molecule has 8 nitrogen and oxygen atoms in total. The zero-order valence-corrected chi connectivity index (χ0v) is 15.0. The molecule has 1 aromatic heterocycles. The molecular weight excluding hydrogens is 322 g/mol. The number of terminal acetylenes is 1. The molecule has 1 aliphatic rings. The molecule has 138 valence electrons. The standard InChI is InChI=1S/C9H15NO2.C7H7N3O.CH5N/c1-3-9(11)10-6-4-5-8(10)7-12-2;1-3-6-5(4-11)7(8-2)10-9-6;1-2/h3,8H,1,4-7H2,2H3;1,4H,2H3,(H2,8,9,10);2H2,1H3. The summed E-state index contributed by atoms with van der Waals surface area (Å²) in [6.45, 7) is 4.95. The highest BCUT2D eigenvalue weighted by molar-refractivity contribution is 5.87. The summed E-state index contributed by atoms with van der Waals surface area (Å²) < 4.78 is 5.02. The summed E-state index contributed by atoms with van der Waals surface area (Å²) in [6, 6.07) is 0.264. The SMILES string of the molecule is C#Cc1[nH]nc(NC)c1C=O.C=CC(=O)N1CCCC1COC.CN. The number of rotatable bonds is 5. The van der Waals surface area contributed by atoms with Gasteiger partial charge in [-0.15, -0.1) is 6.42 Å². The Morgan fingerprint density at radius 2 is 2.32 bits per heavy atom. The summed E-state index contributed by atoms with van der Waals surface area (Å²) in [5.41, 5.74) is 5.30. The number of carbonyl (C=O) groups is 2. The first-order valence-corrected chi connectivity index (χ1v) is 7.80. The van der Waals surface area contributed by atoms with Gasteiger partial charge in [-0.25, -0.2) is 0 Å². The highest BCUT2D eigenvalue weighted by Gasteiger charge is 2.26. The number of anilines is 1. The number of nitrogens with one attached hydrogen (secondary N) is 2. The van der Waals surface area contributed by atoms with Gasteiger partial charge in [-0.05, 0) is 26.0 Å². The van der Waals surface area contributed by atoms with Crippen LogP contribution >= 0.6 is 0 Å². The number of ether oxygens (including phenoxy) is 1. The molecule has 0 aromatic carbocycles. The van der Waals surface area contributed by atoms with Crippen LogP contribution in [-0.4, -0.2) is 67.7 Å². The average molecular weight is 349 g/mol. The van der Waals surface area contributed by atoms with Crippen molar-refractivity contribution in [2.45, 2.75) is 18.9 Å². The van der Waals surface area contributed by atoms with Crippen molar-refractivity contribution in [2.24, 2.45) is 5.73 Å². The second kappa shape index (κ2) is 12.8. The monoisotopic (exact) mass is 349 g/mol. The van der Waals surface area contributed by atoms with Crippen LogP contribution in [0.15, 0.2) is 12.7 Å². The molecule has 0 spiro atoms. The van der Waals surface area contributed by atoms with Gasteiger partial charge in [0.05, 0.1) is 18.2 Å². The van der Waals surface area contributed by atoms with Gasteiger partial charge >= 0.3 is 0 Å². The van der Waals surface area contributed by atoms with E-state index in [9.17, 15) is 9.59 Å². The van der Waals surface area contributed by atoms with Crippen LogP contribution in [0.2, 0.25) is 0 Å². The fourth-order valence-corrected chi connectivity index (χ4v) is 2.37. The molecule has 0 radical (unpaired) electrons. The van der Waals surface area contributed by atoms with E-state index in [4.69, 9.17) is 11.2 Å². The molecule has 0 bridgehead atoms. The summed E-state index contributed by atoms with van der Waals surface area (Å²) in [4.78, 5) is 23.5. The predicted octanol–water partition coefficient (Wildman–Crippen LogP) is 0.630. The molecule has 1 saturated heterocycles. The summed E-state index contributed by atoms with van der Waals surface area (Å²) in [6.07, 6.45) is 9.25. The number of H-pyrrole nitrogens is 1. The van der Waals surface area contributed by atoms with Gasteiger partial charge in [0.2, 0.25) is 5.91 Å². The number of amides is 1. The summed E-state index contributed by atoms with van der Waals surface area (Å²) in [5, 5.41) is 9.04. The second-order valence-electron chi connectivity index (χ2n) is 4.86. The Morgan fingerprint density at radius 1 is 1.64 bits per heavy atom. The van der Waals surface area contributed by atoms with Gasteiger partial charge in [0, 0.05) is 20.7 Å². The zero-order valence-electron chi connectivity index (χ0n) is 15.0. The fourth-order valence-electron chi connectivity index (χ4n) is 2.37. The minimum Gasteiger partial charge on any atom is -0.383 e. The van der Waals surface area contributed by atoms with Crippen molar-refractivity contribution < 1.29 is 14.3 Å². The summed E-state index contributed by atoms with van der Waals surface area (Å²) in [5.74, 6) is 2.81. The van der Waals surface area contributed by atoms with Crippen LogP contribution in [-0.2, 0) is 9.53 Å². The predicted molar refractivity (Wildman–Crippen MR) is 98.4 cm³/mol. The number of nitrogens with two attached hydrogens (primary N) is 1. The van der Waals surface area contributed by atoms with Crippen LogP contribution in [0.3, 0.4) is 0 Å². The molecule has 25 heavy (non-hydrogen) atoms. The Hall–Kier alpha value is -2.63. The normalized spacial score (nSPS) is 15.0. The average Bonchev–Trinajstić information content (AvgIpc) is 3.29. The molecule has 1 aliphatic heterocycles. The van der Waals surface area contributed by atoms with Crippen molar-refractivity contribution in [3.05, 3.63) is 23.9 Å².